The van der Waals surface area contributed by atoms with E-state index in [-0.39, 0.29) is 12.4 Å². The minimum Gasteiger partial charge on any atom is -1.00 e. The van der Waals surface area contributed by atoms with E-state index in [1.807, 2.05) is 19.1 Å². The summed E-state index contributed by atoms with van der Waals surface area (Å²) < 4.78 is 9.91. The summed E-state index contributed by atoms with van der Waals surface area (Å²) in [5.41, 5.74) is 3.61. The lowest BCUT2D eigenvalue weighted by Crippen LogP contribution is -3.00. The van der Waals surface area contributed by atoms with Crippen molar-refractivity contribution in [1.29, 1.82) is 0 Å². The van der Waals surface area contributed by atoms with E-state index in [1.54, 1.807) is 0 Å². The van der Waals surface area contributed by atoms with Crippen LogP contribution in [0.4, 0.5) is 0 Å². The fourth-order valence-electron chi connectivity index (χ4n) is 2.45. The molecule has 0 saturated carbocycles. The van der Waals surface area contributed by atoms with Crippen LogP contribution in [0.3, 0.4) is 0 Å². The van der Waals surface area contributed by atoms with Gasteiger partial charge in [0.25, 0.3) is 0 Å². The normalized spacial score (nSPS) is 10.6. The van der Waals surface area contributed by atoms with Gasteiger partial charge in [0, 0.05) is 11.6 Å². The van der Waals surface area contributed by atoms with Crippen LogP contribution in [0.1, 0.15) is 12.5 Å². The Bertz CT molecular complexity index is 738. The predicted octanol–water partition coefficient (Wildman–Crippen LogP) is 0.628. The molecule has 3 aromatic rings. The van der Waals surface area contributed by atoms with Crippen molar-refractivity contribution in [3.8, 4) is 0 Å². The Morgan fingerprint density at radius 1 is 1.09 bits per heavy atom. The molecule has 0 N–H and O–H groups in total. The number of aromatic nitrogens is 2. The van der Waals surface area contributed by atoms with Crippen LogP contribution in [0.2, 0.25) is 5.02 Å². The van der Waals surface area contributed by atoms with Crippen LogP contribution >= 0.6 is 11.6 Å². The summed E-state index contributed by atoms with van der Waals surface area (Å²) in [6.45, 7) is 4.11. The molecule has 0 spiro atoms. The number of fused-ring (bicyclic) bond motifs is 1. The second-order valence-corrected chi connectivity index (χ2v) is 5.39. The smallest absolute Gasteiger partial charge is 0.246 e. The molecule has 0 saturated heterocycles. The van der Waals surface area contributed by atoms with Crippen molar-refractivity contribution >= 4 is 22.6 Å². The Kier molecular flexibility index (Phi) is 5.83. The highest BCUT2D eigenvalue weighted by atomic mass is 35.5. The van der Waals surface area contributed by atoms with Crippen LogP contribution in [-0.4, -0.2) is 11.2 Å². The monoisotopic (exact) mass is 336 g/mol. The van der Waals surface area contributed by atoms with E-state index in [1.165, 1.54) is 16.6 Å². The zero-order valence-electron chi connectivity index (χ0n) is 12.4. The molecule has 22 heavy (non-hydrogen) atoms. The van der Waals surface area contributed by atoms with E-state index in [4.69, 9.17) is 16.3 Å². The SMILES string of the molecule is CCOCn1c[n+](Cc2ccc(Cl)cc2)c2ccccc21.[Cl-]. The van der Waals surface area contributed by atoms with Gasteiger partial charge in [-0.25, -0.2) is 9.13 Å². The largest absolute Gasteiger partial charge is 1.00 e. The third-order valence-corrected chi connectivity index (χ3v) is 3.73. The molecule has 0 aliphatic carbocycles. The third kappa shape index (κ3) is 3.61. The average molecular weight is 337 g/mol. The van der Waals surface area contributed by atoms with Gasteiger partial charge in [0.05, 0.1) is 0 Å². The van der Waals surface area contributed by atoms with Gasteiger partial charge in [-0.1, -0.05) is 35.9 Å². The number of hydrogen-bond acceptors (Lipinski definition) is 1. The highest BCUT2D eigenvalue weighted by molar-refractivity contribution is 6.30. The van der Waals surface area contributed by atoms with Gasteiger partial charge in [0.2, 0.25) is 6.33 Å². The van der Waals surface area contributed by atoms with Crippen molar-refractivity contribution in [2.75, 3.05) is 6.61 Å². The zero-order valence-corrected chi connectivity index (χ0v) is 13.9. The fraction of sp³-hybridized carbons (Fsp3) is 0.235. The Labute approximate surface area is 141 Å². The summed E-state index contributed by atoms with van der Waals surface area (Å²) in [7, 11) is 0. The molecule has 5 heteroatoms. The first-order valence-electron chi connectivity index (χ1n) is 7.07. The van der Waals surface area contributed by atoms with Gasteiger partial charge in [0.15, 0.2) is 17.8 Å². The summed E-state index contributed by atoms with van der Waals surface area (Å²) in [6.07, 6.45) is 2.11. The van der Waals surface area contributed by atoms with Crippen molar-refractivity contribution in [3.05, 3.63) is 65.4 Å². The summed E-state index contributed by atoms with van der Waals surface area (Å²) in [5, 5.41) is 0.766. The van der Waals surface area contributed by atoms with E-state index in [0.29, 0.717) is 13.3 Å². The van der Waals surface area contributed by atoms with Crippen molar-refractivity contribution in [2.45, 2.75) is 20.2 Å². The molecule has 0 atom stereocenters. The molecule has 0 amide bonds. The molecule has 2 aromatic carbocycles. The number of halogens is 2. The molecule has 116 valence electrons. The first kappa shape index (κ1) is 16.8. The first-order chi connectivity index (χ1) is 10.3. The van der Waals surface area contributed by atoms with Crippen molar-refractivity contribution in [1.82, 2.24) is 4.57 Å². The van der Waals surface area contributed by atoms with E-state index < -0.39 is 0 Å². The predicted molar refractivity (Wildman–Crippen MR) is 84.3 cm³/mol. The molecule has 0 aliphatic heterocycles. The van der Waals surface area contributed by atoms with Crippen LogP contribution < -0.4 is 17.0 Å². The van der Waals surface area contributed by atoms with Gasteiger partial charge in [-0.2, -0.15) is 0 Å². The second-order valence-electron chi connectivity index (χ2n) is 4.95. The molecule has 0 bridgehead atoms. The van der Waals surface area contributed by atoms with E-state index in [2.05, 4.69) is 51.9 Å². The molecular weight excluding hydrogens is 319 g/mol. The standard InChI is InChI=1S/C17H18ClN2O.ClH/c1-2-21-13-20-12-19(16-5-3-4-6-17(16)20)11-14-7-9-15(18)10-8-14;/h3-10,12H,2,11,13H2,1H3;1H/q+1;/p-1. The molecular formula is C17H18Cl2N2O. The number of para-hydroxylation sites is 2. The second kappa shape index (κ2) is 7.63. The number of benzene rings is 2. The summed E-state index contributed by atoms with van der Waals surface area (Å²) >= 11 is 5.94. The molecule has 0 fully saturated rings. The Morgan fingerprint density at radius 2 is 1.82 bits per heavy atom. The van der Waals surface area contributed by atoms with Gasteiger partial charge in [-0.05, 0) is 36.8 Å². The minimum atomic E-state index is 0. The summed E-state index contributed by atoms with van der Waals surface area (Å²) in [6, 6.07) is 16.3. The van der Waals surface area contributed by atoms with Crippen LogP contribution in [0, 0.1) is 0 Å². The summed E-state index contributed by atoms with van der Waals surface area (Å²) in [5.74, 6) is 0. The molecule has 0 aliphatic rings. The van der Waals surface area contributed by atoms with Crippen LogP contribution in [-0.2, 0) is 18.0 Å². The molecule has 0 radical (unpaired) electrons. The van der Waals surface area contributed by atoms with E-state index in [9.17, 15) is 0 Å². The lowest BCUT2D eigenvalue weighted by molar-refractivity contribution is -0.663. The number of ether oxygens (including phenoxy) is 1. The zero-order chi connectivity index (χ0) is 14.7. The van der Waals surface area contributed by atoms with Gasteiger partial charge >= 0.3 is 0 Å². The van der Waals surface area contributed by atoms with Crippen LogP contribution in [0.25, 0.3) is 11.0 Å². The quantitative estimate of drug-likeness (QED) is 0.625. The van der Waals surface area contributed by atoms with Crippen LogP contribution in [0.15, 0.2) is 54.9 Å². The highest BCUT2D eigenvalue weighted by Gasteiger charge is 2.15. The molecule has 0 unspecified atom stereocenters. The van der Waals surface area contributed by atoms with Gasteiger partial charge < -0.3 is 17.1 Å². The average Bonchev–Trinajstić information content (AvgIpc) is 2.86. The molecule has 3 rings (SSSR count). The van der Waals surface area contributed by atoms with Gasteiger partial charge in [-0.3, -0.25) is 0 Å². The lowest BCUT2D eigenvalue weighted by atomic mass is 10.2. The maximum absolute atomic E-state index is 5.94. The van der Waals surface area contributed by atoms with E-state index in [0.717, 1.165) is 11.6 Å². The molecule has 1 aromatic heterocycles. The maximum atomic E-state index is 5.94. The van der Waals surface area contributed by atoms with Crippen LogP contribution in [0.5, 0.6) is 0 Å². The number of rotatable bonds is 5. The first-order valence-corrected chi connectivity index (χ1v) is 7.45. The van der Waals surface area contributed by atoms with Gasteiger partial charge in [0.1, 0.15) is 6.54 Å². The lowest BCUT2D eigenvalue weighted by Gasteiger charge is -1.99. The van der Waals surface area contributed by atoms with E-state index >= 15 is 0 Å². The Balaban J connectivity index is 0.00000176. The topological polar surface area (TPSA) is 18.0 Å². The fourth-order valence-corrected chi connectivity index (χ4v) is 2.57. The Morgan fingerprint density at radius 3 is 2.55 bits per heavy atom. The third-order valence-electron chi connectivity index (χ3n) is 3.48. The molecule has 3 nitrogen and oxygen atoms in total. The maximum Gasteiger partial charge on any atom is 0.246 e. The summed E-state index contributed by atoms with van der Waals surface area (Å²) in [4.78, 5) is 0. The van der Waals surface area contributed by atoms with Crippen molar-refractivity contribution < 1.29 is 21.7 Å². The number of imidazole rings is 1. The molecule has 1 heterocycles. The number of hydrogen-bond donors (Lipinski definition) is 0. The Hall–Kier alpha value is -1.55. The highest BCUT2D eigenvalue weighted by Crippen LogP contribution is 2.13. The minimum absolute atomic E-state index is 0. The van der Waals surface area contributed by atoms with Crippen molar-refractivity contribution in [2.24, 2.45) is 0 Å². The van der Waals surface area contributed by atoms with Crippen molar-refractivity contribution in [3.63, 3.8) is 0 Å². The van der Waals surface area contributed by atoms with Gasteiger partial charge in [-0.15, -0.1) is 0 Å². The number of nitrogens with zero attached hydrogens (tertiary/aromatic N) is 2.